The maximum Gasteiger partial charge on any atom is 0.263 e. The summed E-state index contributed by atoms with van der Waals surface area (Å²) in [5, 5.41) is 15.9. The first kappa shape index (κ1) is 16.0. The molecule has 0 unspecified atom stereocenters. The van der Waals surface area contributed by atoms with Gasteiger partial charge in [-0.15, -0.1) is 10.2 Å². The van der Waals surface area contributed by atoms with Crippen LogP contribution in [0.15, 0.2) is 64.2 Å². The van der Waals surface area contributed by atoms with E-state index >= 15 is 0 Å². The molecule has 0 saturated carbocycles. The average Bonchev–Trinajstić information content (AvgIpc) is 3.06. The number of hydrogen-bond donors (Lipinski definition) is 1. The first-order valence-corrected chi connectivity index (χ1v) is 7.91. The molecule has 1 N–H and O–H groups in total. The molecule has 1 heterocycles. The van der Waals surface area contributed by atoms with Crippen molar-refractivity contribution in [2.45, 2.75) is 6.54 Å². The molecule has 0 radical (unpaired) electrons. The van der Waals surface area contributed by atoms with E-state index in [-0.39, 0.29) is 12.5 Å². The molecule has 0 saturated heterocycles. The summed E-state index contributed by atoms with van der Waals surface area (Å²) in [6.45, 7) is -0.0580. The number of halogens is 1. The lowest BCUT2D eigenvalue weighted by molar-refractivity contribution is -0.122. The molecule has 0 fully saturated rings. The number of carbonyl (C=O) groups is 1. The van der Waals surface area contributed by atoms with E-state index in [1.54, 1.807) is 6.21 Å². The molecular formula is C16H13BrN6O. The number of carbonyl (C=O) groups excluding carboxylic acids is 1. The smallest absolute Gasteiger partial charge is 0.263 e. The molecular weight excluding hydrogens is 372 g/mol. The summed E-state index contributed by atoms with van der Waals surface area (Å²) in [5.74, 6) is 0.141. The summed E-state index contributed by atoms with van der Waals surface area (Å²) in [6.07, 6.45) is 1.56. The maximum absolute atomic E-state index is 11.8. The Morgan fingerprint density at radius 1 is 1.17 bits per heavy atom. The Labute approximate surface area is 146 Å². The van der Waals surface area contributed by atoms with Crippen molar-refractivity contribution in [1.82, 2.24) is 25.6 Å². The summed E-state index contributed by atoms with van der Waals surface area (Å²) in [7, 11) is 0. The third kappa shape index (κ3) is 4.32. The van der Waals surface area contributed by atoms with Crippen LogP contribution in [-0.4, -0.2) is 32.3 Å². The number of hydrazone groups is 1. The molecule has 1 aromatic heterocycles. The van der Waals surface area contributed by atoms with Gasteiger partial charge in [-0.25, -0.2) is 5.43 Å². The number of aromatic nitrogens is 4. The third-order valence-corrected chi connectivity index (χ3v) is 3.57. The van der Waals surface area contributed by atoms with Gasteiger partial charge in [0.05, 0.1) is 6.21 Å². The Hall–Kier alpha value is -2.87. The second-order valence-corrected chi connectivity index (χ2v) is 5.77. The van der Waals surface area contributed by atoms with Crippen LogP contribution in [0.25, 0.3) is 11.4 Å². The molecule has 24 heavy (non-hydrogen) atoms. The molecule has 0 aliphatic carbocycles. The molecule has 0 spiro atoms. The molecule has 120 valence electrons. The van der Waals surface area contributed by atoms with Gasteiger partial charge < -0.3 is 0 Å². The minimum absolute atomic E-state index is 0.0580. The third-order valence-electron chi connectivity index (χ3n) is 3.04. The predicted octanol–water partition coefficient (Wildman–Crippen LogP) is 2.25. The van der Waals surface area contributed by atoms with Gasteiger partial charge in [0.25, 0.3) is 5.91 Å². The van der Waals surface area contributed by atoms with Gasteiger partial charge in [0.2, 0.25) is 5.82 Å². The quantitative estimate of drug-likeness (QED) is 0.539. The van der Waals surface area contributed by atoms with Crippen molar-refractivity contribution in [2.24, 2.45) is 5.10 Å². The minimum Gasteiger partial charge on any atom is -0.271 e. The highest BCUT2D eigenvalue weighted by Crippen LogP contribution is 2.11. The summed E-state index contributed by atoms with van der Waals surface area (Å²) < 4.78 is 0.982. The number of tetrazole rings is 1. The molecule has 2 aromatic carbocycles. The first-order valence-electron chi connectivity index (χ1n) is 7.11. The lowest BCUT2D eigenvalue weighted by Crippen LogP contribution is -2.24. The van der Waals surface area contributed by atoms with Crippen molar-refractivity contribution in [2.75, 3.05) is 0 Å². The van der Waals surface area contributed by atoms with Gasteiger partial charge in [-0.3, -0.25) is 4.79 Å². The van der Waals surface area contributed by atoms with Gasteiger partial charge >= 0.3 is 0 Å². The van der Waals surface area contributed by atoms with Gasteiger partial charge in [-0.2, -0.15) is 9.90 Å². The van der Waals surface area contributed by atoms with Gasteiger partial charge in [0, 0.05) is 10.0 Å². The SMILES string of the molecule is O=C(Cn1nnc(-c2ccccc2)n1)N/N=C/c1ccc(Br)cc1. The predicted molar refractivity (Wildman–Crippen MR) is 93.1 cm³/mol. The molecule has 1 amide bonds. The fraction of sp³-hybridized carbons (Fsp3) is 0.0625. The largest absolute Gasteiger partial charge is 0.271 e. The fourth-order valence-electron chi connectivity index (χ4n) is 1.90. The van der Waals surface area contributed by atoms with E-state index in [9.17, 15) is 4.79 Å². The van der Waals surface area contributed by atoms with Crippen molar-refractivity contribution < 1.29 is 4.79 Å². The number of nitrogens with zero attached hydrogens (tertiary/aromatic N) is 5. The first-order chi connectivity index (χ1) is 11.7. The van der Waals surface area contributed by atoms with Crippen LogP contribution in [-0.2, 0) is 11.3 Å². The van der Waals surface area contributed by atoms with Crippen molar-refractivity contribution in [3.63, 3.8) is 0 Å². The maximum atomic E-state index is 11.8. The van der Waals surface area contributed by atoms with Crippen molar-refractivity contribution in [3.05, 3.63) is 64.6 Å². The molecule has 8 heteroatoms. The van der Waals surface area contributed by atoms with Crippen molar-refractivity contribution in [1.29, 1.82) is 0 Å². The molecule has 0 atom stereocenters. The van der Waals surface area contributed by atoms with Crippen LogP contribution in [0.5, 0.6) is 0 Å². The van der Waals surface area contributed by atoms with Crippen LogP contribution in [0.1, 0.15) is 5.56 Å². The molecule has 3 aromatic rings. The Kier molecular flexibility index (Phi) is 5.07. The van der Waals surface area contributed by atoms with E-state index in [1.807, 2.05) is 54.6 Å². The molecule has 0 bridgehead atoms. The van der Waals surface area contributed by atoms with Crippen molar-refractivity contribution in [3.8, 4) is 11.4 Å². The zero-order valence-corrected chi connectivity index (χ0v) is 14.1. The number of rotatable bonds is 5. The summed E-state index contributed by atoms with van der Waals surface area (Å²) in [4.78, 5) is 13.1. The van der Waals surface area contributed by atoms with E-state index < -0.39 is 0 Å². The second kappa shape index (κ2) is 7.60. The van der Waals surface area contributed by atoms with Gasteiger partial charge in [0.15, 0.2) is 0 Å². The summed E-state index contributed by atoms with van der Waals surface area (Å²) >= 11 is 3.36. The highest BCUT2D eigenvalue weighted by atomic mass is 79.9. The normalized spacial score (nSPS) is 10.9. The van der Waals surface area contributed by atoms with Crippen LogP contribution >= 0.6 is 15.9 Å². The zero-order valence-electron chi connectivity index (χ0n) is 12.5. The molecule has 3 rings (SSSR count). The topological polar surface area (TPSA) is 85.1 Å². The number of benzene rings is 2. The van der Waals surface area contributed by atoms with E-state index in [0.29, 0.717) is 5.82 Å². The van der Waals surface area contributed by atoms with Crippen LogP contribution in [0.2, 0.25) is 0 Å². The van der Waals surface area contributed by atoms with Gasteiger partial charge in [0.1, 0.15) is 6.54 Å². The Morgan fingerprint density at radius 2 is 1.92 bits per heavy atom. The fourth-order valence-corrected chi connectivity index (χ4v) is 2.17. The lowest BCUT2D eigenvalue weighted by Gasteiger charge is -1.98. The Balaban J connectivity index is 1.55. The average molecular weight is 385 g/mol. The van der Waals surface area contributed by atoms with Crippen LogP contribution in [0, 0.1) is 0 Å². The molecule has 7 nitrogen and oxygen atoms in total. The monoisotopic (exact) mass is 384 g/mol. The highest BCUT2D eigenvalue weighted by molar-refractivity contribution is 9.10. The summed E-state index contributed by atoms with van der Waals surface area (Å²) in [5.41, 5.74) is 4.16. The zero-order chi connectivity index (χ0) is 16.8. The van der Waals surface area contributed by atoms with Crippen LogP contribution in [0.3, 0.4) is 0 Å². The molecule has 0 aliphatic rings. The van der Waals surface area contributed by atoms with Crippen LogP contribution in [0.4, 0.5) is 0 Å². The highest BCUT2D eigenvalue weighted by Gasteiger charge is 2.08. The van der Waals surface area contributed by atoms with E-state index in [2.05, 4.69) is 41.9 Å². The Morgan fingerprint density at radius 3 is 2.67 bits per heavy atom. The van der Waals surface area contributed by atoms with E-state index in [1.165, 1.54) is 4.80 Å². The van der Waals surface area contributed by atoms with Crippen molar-refractivity contribution >= 4 is 28.1 Å². The number of amides is 1. The standard InChI is InChI=1S/C16H13BrN6O/c17-14-8-6-12(7-9-14)10-18-19-15(24)11-23-21-16(20-22-23)13-4-2-1-3-5-13/h1-10H,11H2,(H,19,24)/b18-10+. The second-order valence-electron chi connectivity index (χ2n) is 4.85. The number of hydrogen-bond acceptors (Lipinski definition) is 5. The minimum atomic E-state index is -0.333. The van der Waals surface area contributed by atoms with Gasteiger partial charge in [-0.1, -0.05) is 58.4 Å². The van der Waals surface area contributed by atoms with Gasteiger partial charge in [-0.05, 0) is 22.9 Å². The Bertz CT molecular complexity index is 845. The number of nitrogens with one attached hydrogen (secondary N) is 1. The van der Waals surface area contributed by atoms with E-state index in [4.69, 9.17) is 0 Å². The van der Waals surface area contributed by atoms with Crippen LogP contribution < -0.4 is 5.43 Å². The van der Waals surface area contributed by atoms with E-state index in [0.717, 1.165) is 15.6 Å². The lowest BCUT2D eigenvalue weighted by atomic mass is 10.2. The molecule has 0 aliphatic heterocycles. The summed E-state index contributed by atoms with van der Waals surface area (Å²) in [6, 6.07) is 17.0.